The van der Waals surface area contributed by atoms with Gasteiger partial charge in [0.15, 0.2) is 0 Å². The Labute approximate surface area is 125 Å². The number of nitrogens with two attached hydrogens (primary N) is 1. The molecule has 1 aromatic rings. The normalized spacial score (nSPS) is 20.9. The summed E-state index contributed by atoms with van der Waals surface area (Å²) in [5.41, 5.74) is 6.66. The SMILES string of the molecule is CC(N)C1CCN(CCC(=O)Nc2cccc(Cl)c2)C1. The van der Waals surface area contributed by atoms with Crippen LogP contribution in [0.3, 0.4) is 0 Å². The quantitative estimate of drug-likeness (QED) is 0.876. The molecular weight excluding hydrogens is 274 g/mol. The van der Waals surface area contributed by atoms with E-state index >= 15 is 0 Å². The first-order valence-corrected chi connectivity index (χ1v) is 7.46. The third kappa shape index (κ3) is 4.47. The van der Waals surface area contributed by atoms with Crippen molar-refractivity contribution in [2.75, 3.05) is 25.0 Å². The molecule has 1 amide bonds. The van der Waals surface area contributed by atoms with Crippen molar-refractivity contribution in [2.24, 2.45) is 11.7 Å². The molecule has 2 rings (SSSR count). The molecule has 1 saturated heterocycles. The fraction of sp³-hybridized carbons (Fsp3) is 0.533. The lowest BCUT2D eigenvalue weighted by Crippen LogP contribution is -2.31. The number of hydrogen-bond acceptors (Lipinski definition) is 3. The van der Waals surface area contributed by atoms with Gasteiger partial charge in [-0.3, -0.25) is 4.79 Å². The number of halogens is 1. The van der Waals surface area contributed by atoms with Gasteiger partial charge in [-0.1, -0.05) is 17.7 Å². The highest BCUT2D eigenvalue weighted by Crippen LogP contribution is 2.19. The summed E-state index contributed by atoms with van der Waals surface area (Å²) in [6.45, 7) is 4.88. The maximum Gasteiger partial charge on any atom is 0.225 e. The van der Waals surface area contributed by atoms with Gasteiger partial charge in [0.1, 0.15) is 0 Å². The van der Waals surface area contributed by atoms with E-state index in [0.717, 1.165) is 31.7 Å². The van der Waals surface area contributed by atoms with Crippen LogP contribution in [0.25, 0.3) is 0 Å². The molecule has 5 heteroatoms. The van der Waals surface area contributed by atoms with Gasteiger partial charge in [0.05, 0.1) is 0 Å². The molecule has 4 nitrogen and oxygen atoms in total. The Morgan fingerprint density at radius 3 is 3.05 bits per heavy atom. The molecule has 1 aliphatic rings. The predicted molar refractivity (Wildman–Crippen MR) is 82.9 cm³/mol. The third-order valence-corrected chi connectivity index (χ3v) is 4.05. The van der Waals surface area contributed by atoms with E-state index in [9.17, 15) is 4.79 Å². The lowest BCUT2D eigenvalue weighted by molar-refractivity contribution is -0.116. The minimum Gasteiger partial charge on any atom is -0.328 e. The number of hydrogen-bond donors (Lipinski definition) is 2. The first kappa shape index (κ1) is 15.3. The fourth-order valence-corrected chi connectivity index (χ4v) is 2.73. The highest BCUT2D eigenvalue weighted by Gasteiger charge is 2.25. The van der Waals surface area contributed by atoms with E-state index in [2.05, 4.69) is 17.1 Å². The second kappa shape index (κ2) is 7.07. The molecule has 0 radical (unpaired) electrons. The zero-order valence-electron chi connectivity index (χ0n) is 11.8. The van der Waals surface area contributed by atoms with Crippen molar-refractivity contribution in [1.29, 1.82) is 0 Å². The molecule has 2 unspecified atom stereocenters. The summed E-state index contributed by atoms with van der Waals surface area (Å²) in [5.74, 6) is 0.586. The Balaban J connectivity index is 1.73. The largest absolute Gasteiger partial charge is 0.328 e. The number of nitrogens with one attached hydrogen (secondary N) is 1. The van der Waals surface area contributed by atoms with Crippen LogP contribution in [0.1, 0.15) is 19.8 Å². The Bertz CT molecular complexity index is 464. The summed E-state index contributed by atoms with van der Waals surface area (Å²) in [7, 11) is 0. The van der Waals surface area contributed by atoms with Gasteiger partial charge >= 0.3 is 0 Å². The Kier molecular flexibility index (Phi) is 5.40. The van der Waals surface area contributed by atoms with Crippen LogP contribution in [0.4, 0.5) is 5.69 Å². The summed E-state index contributed by atoms with van der Waals surface area (Å²) in [6, 6.07) is 7.44. The van der Waals surface area contributed by atoms with Crippen molar-refractivity contribution in [3.63, 3.8) is 0 Å². The van der Waals surface area contributed by atoms with E-state index in [1.165, 1.54) is 0 Å². The molecule has 3 N–H and O–H groups in total. The minimum absolute atomic E-state index is 0.0245. The topological polar surface area (TPSA) is 58.4 Å². The maximum absolute atomic E-state index is 11.9. The zero-order valence-corrected chi connectivity index (χ0v) is 12.6. The van der Waals surface area contributed by atoms with Crippen molar-refractivity contribution >= 4 is 23.2 Å². The summed E-state index contributed by atoms with van der Waals surface area (Å²) < 4.78 is 0. The number of likely N-dealkylation sites (tertiary alicyclic amines) is 1. The van der Waals surface area contributed by atoms with Gasteiger partial charge in [-0.25, -0.2) is 0 Å². The molecule has 110 valence electrons. The highest BCUT2D eigenvalue weighted by molar-refractivity contribution is 6.30. The number of nitrogens with zero attached hydrogens (tertiary/aromatic N) is 1. The van der Waals surface area contributed by atoms with Crippen LogP contribution >= 0.6 is 11.6 Å². The van der Waals surface area contributed by atoms with E-state index in [0.29, 0.717) is 17.4 Å². The fourth-order valence-electron chi connectivity index (χ4n) is 2.54. The monoisotopic (exact) mass is 295 g/mol. The first-order chi connectivity index (χ1) is 9.54. The number of carbonyl (C=O) groups excluding carboxylic acids is 1. The summed E-state index contributed by atoms with van der Waals surface area (Å²) >= 11 is 5.88. The van der Waals surface area contributed by atoms with Gasteiger partial charge in [0, 0.05) is 36.3 Å². The molecule has 2 atom stereocenters. The molecule has 0 aromatic heterocycles. The van der Waals surface area contributed by atoms with Crippen molar-refractivity contribution in [3.8, 4) is 0 Å². The smallest absolute Gasteiger partial charge is 0.225 e. The summed E-state index contributed by atoms with van der Waals surface area (Å²) in [4.78, 5) is 14.2. The van der Waals surface area contributed by atoms with Crippen LogP contribution in [0.15, 0.2) is 24.3 Å². The number of benzene rings is 1. The van der Waals surface area contributed by atoms with Crippen LogP contribution < -0.4 is 11.1 Å². The highest BCUT2D eigenvalue weighted by atomic mass is 35.5. The average Bonchev–Trinajstić information content (AvgIpc) is 2.85. The number of anilines is 1. The molecular formula is C15H22ClN3O. The van der Waals surface area contributed by atoms with E-state index in [1.807, 2.05) is 12.1 Å². The second-order valence-electron chi connectivity index (χ2n) is 5.52. The van der Waals surface area contributed by atoms with Gasteiger partial charge in [-0.05, 0) is 44.0 Å². The van der Waals surface area contributed by atoms with Crippen molar-refractivity contribution < 1.29 is 4.79 Å². The van der Waals surface area contributed by atoms with E-state index in [-0.39, 0.29) is 11.9 Å². The molecule has 1 aliphatic heterocycles. The lowest BCUT2D eigenvalue weighted by atomic mass is 10.0. The van der Waals surface area contributed by atoms with Gasteiger partial charge in [0.2, 0.25) is 5.91 Å². The van der Waals surface area contributed by atoms with E-state index < -0.39 is 0 Å². The third-order valence-electron chi connectivity index (χ3n) is 3.82. The van der Waals surface area contributed by atoms with Crippen LogP contribution in [-0.2, 0) is 4.79 Å². The number of carbonyl (C=O) groups is 1. The Morgan fingerprint density at radius 1 is 1.60 bits per heavy atom. The lowest BCUT2D eigenvalue weighted by Gasteiger charge is -2.17. The van der Waals surface area contributed by atoms with Crippen LogP contribution in [0.2, 0.25) is 5.02 Å². The van der Waals surface area contributed by atoms with Gasteiger partial charge in [-0.2, -0.15) is 0 Å². The molecule has 1 aromatic carbocycles. The van der Waals surface area contributed by atoms with Crippen LogP contribution in [0.5, 0.6) is 0 Å². The number of amides is 1. The van der Waals surface area contributed by atoms with E-state index in [1.54, 1.807) is 12.1 Å². The minimum atomic E-state index is 0.0245. The molecule has 1 fully saturated rings. The molecule has 0 bridgehead atoms. The molecule has 1 heterocycles. The predicted octanol–water partition coefficient (Wildman–Crippen LogP) is 2.34. The molecule has 0 saturated carbocycles. The van der Waals surface area contributed by atoms with Crippen LogP contribution in [-0.4, -0.2) is 36.5 Å². The molecule has 20 heavy (non-hydrogen) atoms. The Hall–Kier alpha value is -1.10. The summed E-state index contributed by atoms with van der Waals surface area (Å²) in [6.07, 6.45) is 1.63. The standard InChI is InChI=1S/C15H22ClN3O/c1-11(17)12-5-7-19(10-12)8-6-15(20)18-14-4-2-3-13(16)9-14/h2-4,9,11-12H,5-8,10,17H2,1H3,(H,18,20). The zero-order chi connectivity index (χ0) is 14.5. The molecule has 0 aliphatic carbocycles. The summed E-state index contributed by atoms with van der Waals surface area (Å²) in [5, 5.41) is 3.49. The molecule has 0 spiro atoms. The van der Waals surface area contributed by atoms with Crippen molar-refractivity contribution in [2.45, 2.75) is 25.8 Å². The van der Waals surface area contributed by atoms with Gasteiger partial charge in [-0.15, -0.1) is 0 Å². The average molecular weight is 296 g/mol. The number of rotatable bonds is 5. The first-order valence-electron chi connectivity index (χ1n) is 7.08. The van der Waals surface area contributed by atoms with E-state index in [4.69, 9.17) is 17.3 Å². The van der Waals surface area contributed by atoms with Gasteiger partial charge < -0.3 is 16.0 Å². The maximum atomic E-state index is 11.9. The van der Waals surface area contributed by atoms with Crippen molar-refractivity contribution in [3.05, 3.63) is 29.3 Å². The van der Waals surface area contributed by atoms with Crippen molar-refractivity contribution in [1.82, 2.24) is 4.90 Å². The Morgan fingerprint density at radius 2 is 2.40 bits per heavy atom. The van der Waals surface area contributed by atoms with Crippen LogP contribution in [0, 0.1) is 5.92 Å². The van der Waals surface area contributed by atoms with Gasteiger partial charge in [0.25, 0.3) is 0 Å². The second-order valence-corrected chi connectivity index (χ2v) is 5.95.